The number of benzene rings is 1. The third-order valence-corrected chi connectivity index (χ3v) is 3.05. The summed E-state index contributed by atoms with van der Waals surface area (Å²) in [6, 6.07) is 5.44. The van der Waals surface area contributed by atoms with E-state index in [9.17, 15) is 4.79 Å². The van der Waals surface area contributed by atoms with Crippen molar-refractivity contribution >= 4 is 5.91 Å². The lowest BCUT2D eigenvalue weighted by Gasteiger charge is -2.16. The number of hydrogen-bond acceptors (Lipinski definition) is 3. The molecule has 1 aromatic rings. The zero-order valence-electron chi connectivity index (χ0n) is 12.2. The topological polar surface area (TPSA) is 47.6 Å². The van der Waals surface area contributed by atoms with Gasteiger partial charge in [-0.05, 0) is 38.0 Å². The number of methoxy groups -OCH3 is 1. The Morgan fingerprint density at radius 1 is 1.21 bits per heavy atom. The lowest BCUT2D eigenvalue weighted by Crippen LogP contribution is -2.33. The minimum atomic E-state index is -0.0719. The van der Waals surface area contributed by atoms with Crippen molar-refractivity contribution in [3.8, 4) is 11.5 Å². The Hall–Kier alpha value is -1.71. The van der Waals surface area contributed by atoms with Crippen molar-refractivity contribution < 1.29 is 14.3 Å². The van der Waals surface area contributed by atoms with Crippen LogP contribution >= 0.6 is 0 Å². The van der Waals surface area contributed by atoms with Gasteiger partial charge in [-0.25, -0.2) is 0 Å². The summed E-state index contributed by atoms with van der Waals surface area (Å²) in [4.78, 5) is 12.1. The van der Waals surface area contributed by atoms with Crippen molar-refractivity contribution in [1.82, 2.24) is 5.32 Å². The quantitative estimate of drug-likeness (QED) is 0.824. The first-order chi connectivity index (χ1) is 9.15. The third kappa shape index (κ3) is 4.16. The summed E-state index contributed by atoms with van der Waals surface area (Å²) in [5, 5.41) is 3.00. The van der Waals surface area contributed by atoms with Gasteiger partial charge in [0.1, 0.15) is 0 Å². The van der Waals surface area contributed by atoms with Crippen LogP contribution in [0.4, 0.5) is 0 Å². The van der Waals surface area contributed by atoms with Gasteiger partial charge in [0.15, 0.2) is 11.5 Å². The molecule has 1 amide bonds. The molecule has 0 unspecified atom stereocenters. The maximum absolute atomic E-state index is 12.1. The van der Waals surface area contributed by atoms with Gasteiger partial charge in [-0.1, -0.05) is 13.8 Å². The second-order valence-electron chi connectivity index (χ2n) is 4.29. The van der Waals surface area contributed by atoms with Crippen LogP contribution in [0.5, 0.6) is 11.5 Å². The molecule has 0 heterocycles. The molecule has 0 radical (unpaired) electrons. The molecule has 106 valence electrons. The number of amides is 1. The fourth-order valence-corrected chi connectivity index (χ4v) is 1.85. The van der Waals surface area contributed by atoms with E-state index in [1.807, 2.05) is 6.92 Å². The molecule has 0 aliphatic rings. The number of carbonyl (C=O) groups is 1. The van der Waals surface area contributed by atoms with E-state index in [-0.39, 0.29) is 11.9 Å². The molecule has 4 heteroatoms. The fourth-order valence-electron chi connectivity index (χ4n) is 1.85. The maximum atomic E-state index is 12.1. The first kappa shape index (κ1) is 15.3. The Bertz CT molecular complexity index is 414. The fraction of sp³-hybridized carbons (Fsp3) is 0.533. The number of rotatable bonds is 7. The Morgan fingerprint density at radius 3 is 2.42 bits per heavy atom. The van der Waals surface area contributed by atoms with E-state index < -0.39 is 0 Å². The standard InChI is InChI=1S/C15H23NO3/c1-5-12(6-2)16-15(17)11-8-9-13(18-4)14(10-11)19-7-3/h8-10,12H,5-7H2,1-4H3,(H,16,17). The Kier molecular flexibility index (Phi) is 6.19. The maximum Gasteiger partial charge on any atom is 0.251 e. The number of hydrogen-bond donors (Lipinski definition) is 1. The first-order valence-electron chi connectivity index (χ1n) is 6.77. The van der Waals surface area contributed by atoms with Crippen LogP contribution < -0.4 is 14.8 Å². The summed E-state index contributed by atoms with van der Waals surface area (Å²) in [7, 11) is 1.59. The Labute approximate surface area is 115 Å². The van der Waals surface area contributed by atoms with Gasteiger partial charge in [0.25, 0.3) is 5.91 Å². The van der Waals surface area contributed by atoms with Crippen LogP contribution in [0.2, 0.25) is 0 Å². The van der Waals surface area contributed by atoms with Crippen LogP contribution in [0, 0.1) is 0 Å². The van der Waals surface area contributed by atoms with Gasteiger partial charge < -0.3 is 14.8 Å². The lowest BCUT2D eigenvalue weighted by atomic mass is 10.1. The summed E-state index contributed by atoms with van der Waals surface area (Å²) in [6.45, 7) is 6.56. The highest BCUT2D eigenvalue weighted by molar-refractivity contribution is 5.95. The van der Waals surface area contributed by atoms with E-state index in [1.165, 1.54) is 0 Å². The van der Waals surface area contributed by atoms with Crippen LogP contribution in [-0.4, -0.2) is 25.7 Å². The molecule has 0 aliphatic carbocycles. The molecule has 0 fully saturated rings. The number of carbonyl (C=O) groups excluding carboxylic acids is 1. The smallest absolute Gasteiger partial charge is 0.251 e. The molecule has 1 N–H and O–H groups in total. The van der Waals surface area contributed by atoms with Crippen molar-refractivity contribution in [2.24, 2.45) is 0 Å². The van der Waals surface area contributed by atoms with E-state index in [0.717, 1.165) is 12.8 Å². The molecule has 1 aromatic carbocycles. The van der Waals surface area contributed by atoms with E-state index in [0.29, 0.717) is 23.7 Å². The average Bonchev–Trinajstić information content (AvgIpc) is 2.44. The molecule has 0 spiro atoms. The van der Waals surface area contributed by atoms with E-state index >= 15 is 0 Å². The number of ether oxygens (including phenoxy) is 2. The molecule has 4 nitrogen and oxygen atoms in total. The molecule has 1 rings (SSSR count). The van der Waals surface area contributed by atoms with Crippen LogP contribution in [0.3, 0.4) is 0 Å². The first-order valence-corrected chi connectivity index (χ1v) is 6.77. The van der Waals surface area contributed by atoms with Crippen LogP contribution in [0.25, 0.3) is 0 Å². The highest BCUT2D eigenvalue weighted by atomic mass is 16.5. The summed E-state index contributed by atoms with van der Waals surface area (Å²) in [5.74, 6) is 1.17. The predicted molar refractivity (Wildman–Crippen MR) is 76.0 cm³/mol. The van der Waals surface area contributed by atoms with E-state index in [2.05, 4.69) is 19.2 Å². The molecular weight excluding hydrogens is 242 g/mol. The van der Waals surface area contributed by atoms with Gasteiger partial charge in [0.2, 0.25) is 0 Å². The molecule has 0 aliphatic heterocycles. The molecule has 0 aromatic heterocycles. The van der Waals surface area contributed by atoms with Crippen molar-refractivity contribution in [1.29, 1.82) is 0 Å². The van der Waals surface area contributed by atoms with Gasteiger partial charge in [-0.3, -0.25) is 4.79 Å². The monoisotopic (exact) mass is 265 g/mol. The summed E-state index contributed by atoms with van der Waals surface area (Å²) >= 11 is 0. The molecule has 0 atom stereocenters. The molecular formula is C15H23NO3. The van der Waals surface area contributed by atoms with E-state index in [4.69, 9.17) is 9.47 Å². The SMILES string of the molecule is CCOc1cc(C(=O)NC(CC)CC)ccc1OC. The Morgan fingerprint density at radius 2 is 1.89 bits per heavy atom. The normalized spacial score (nSPS) is 10.4. The van der Waals surface area contributed by atoms with Crippen molar-refractivity contribution in [3.63, 3.8) is 0 Å². The summed E-state index contributed by atoms with van der Waals surface area (Å²) in [5.41, 5.74) is 0.594. The van der Waals surface area contributed by atoms with Gasteiger partial charge in [0.05, 0.1) is 13.7 Å². The zero-order chi connectivity index (χ0) is 14.3. The van der Waals surface area contributed by atoms with Crippen molar-refractivity contribution in [2.75, 3.05) is 13.7 Å². The lowest BCUT2D eigenvalue weighted by molar-refractivity contribution is 0.0934. The van der Waals surface area contributed by atoms with Gasteiger partial charge >= 0.3 is 0 Å². The Balaban J connectivity index is 2.88. The van der Waals surface area contributed by atoms with Gasteiger partial charge in [-0.15, -0.1) is 0 Å². The van der Waals surface area contributed by atoms with E-state index in [1.54, 1.807) is 25.3 Å². The molecule has 19 heavy (non-hydrogen) atoms. The molecule has 0 bridgehead atoms. The van der Waals surface area contributed by atoms with Crippen LogP contribution in [-0.2, 0) is 0 Å². The van der Waals surface area contributed by atoms with Gasteiger partial charge in [-0.2, -0.15) is 0 Å². The minimum absolute atomic E-state index is 0.0719. The third-order valence-electron chi connectivity index (χ3n) is 3.05. The molecule has 0 saturated heterocycles. The predicted octanol–water partition coefficient (Wildman–Crippen LogP) is 3.01. The summed E-state index contributed by atoms with van der Waals surface area (Å²) in [6.07, 6.45) is 1.85. The summed E-state index contributed by atoms with van der Waals surface area (Å²) < 4.78 is 10.7. The van der Waals surface area contributed by atoms with Crippen molar-refractivity contribution in [2.45, 2.75) is 39.7 Å². The average molecular weight is 265 g/mol. The van der Waals surface area contributed by atoms with Gasteiger partial charge in [0, 0.05) is 11.6 Å². The highest BCUT2D eigenvalue weighted by Crippen LogP contribution is 2.28. The minimum Gasteiger partial charge on any atom is -0.493 e. The largest absolute Gasteiger partial charge is 0.493 e. The molecule has 0 saturated carbocycles. The second-order valence-corrected chi connectivity index (χ2v) is 4.29. The van der Waals surface area contributed by atoms with Crippen LogP contribution in [0.1, 0.15) is 44.0 Å². The van der Waals surface area contributed by atoms with Crippen LogP contribution in [0.15, 0.2) is 18.2 Å². The number of nitrogens with one attached hydrogen (secondary N) is 1. The second kappa shape index (κ2) is 7.67. The highest BCUT2D eigenvalue weighted by Gasteiger charge is 2.13. The van der Waals surface area contributed by atoms with Crippen molar-refractivity contribution in [3.05, 3.63) is 23.8 Å². The zero-order valence-corrected chi connectivity index (χ0v) is 12.2.